The van der Waals surface area contributed by atoms with Crippen molar-refractivity contribution in [2.24, 2.45) is 0 Å². The third kappa shape index (κ3) is 4.19. The Morgan fingerprint density at radius 2 is 1.55 bits per heavy atom. The third-order valence-corrected chi connectivity index (χ3v) is 6.91. The van der Waals surface area contributed by atoms with E-state index < -0.39 is 21.8 Å². The van der Waals surface area contributed by atoms with Gasteiger partial charge in [-0.15, -0.1) is 0 Å². The zero-order chi connectivity index (χ0) is 20.6. The van der Waals surface area contributed by atoms with E-state index in [9.17, 15) is 21.6 Å². The van der Waals surface area contributed by atoms with Crippen LogP contribution in [0, 0.1) is 0 Å². The van der Waals surface area contributed by atoms with Gasteiger partial charge in [-0.2, -0.15) is 17.5 Å². The molecule has 29 heavy (non-hydrogen) atoms. The highest BCUT2D eigenvalue weighted by Crippen LogP contribution is 2.33. The molecular weight excluding hydrogens is 409 g/mol. The molecule has 2 heterocycles. The first-order chi connectivity index (χ1) is 13.7. The van der Waals surface area contributed by atoms with E-state index >= 15 is 0 Å². The lowest BCUT2D eigenvalue weighted by atomic mass is 10.2. The number of benzene rings is 2. The van der Waals surface area contributed by atoms with Gasteiger partial charge in [-0.1, -0.05) is 6.07 Å². The van der Waals surface area contributed by atoms with Crippen LogP contribution < -0.4 is 9.47 Å². The molecule has 0 aromatic heterocycles. The van der Waals surface area contributed by atoms with Crippen molar-refractivity contribution in [3.8, 4) is 11.5 Å². The number of nitrogens with zero attached hydrogens (tertiary/aromatic N) is 2. The predicted octanol–water partition coefficient (Wildman–Crippen LogP) is 2.94. The van der Waals surface area contributed by atoms with Crippen LogP contribution in [0.15, 0.2) is 47.4 Å². The molecule has 0 bridgehead atoms. The minimum Gasteiger partial charge on any atom is -0.454 e. The SMILES string of the molecule is O=S(=O)(c1ccc(C(F)(F)F)cc1)N1CCN(Cc2ccc3c(c2)OCO3)CC1. The minimum atomic E-state index is -4.50. The number of halogens is 3. The lowest BCUT2D eigenvalue weighted by Crippen LogP contribution is -2.48. The van der Waals surface area contributed by atoms with Crippen LogP contribution >= 0.6 is 0 Å². The van der Waals surface area contributed by atoms with E-state index in [0.29, 0.717) is 31.1 Å². The van der Waals surface area contributed by atoms with Crippen LogP contribution in [0.1, 0.15) is 11.1 Å². The molecule has 0 spiro atoms. The summed E-state index contributed by atoms with van der Waals surface area (Å²) in [7, 11) is -3.83. The zero-order valence-corrected chi connectivity index (χ0v) is 16.2. The van der Waals surface area contributed by atoms with Crippen LogP contribution in [0.25, 0.3) is 0 Å². The van der Waals surface area contributed by atoms with E-state index in [-0.39, 0.29) is 24.8 Å². The molecule has 0 atom stereocenters. The number of alkyl halides is 3. The summed E-state index contributed by atoms with van der Waals surface area (Å²) in [6.07, 6.45) is -4.50. The maximum absolute atomic E-state index is 12.7. The molecule has 2 aromatic carbocycles. The maximum Gasteiger partial charge on any atom is 0.416 e. The second kappa shape index (κ2) is 7.51. The second-order valence-electron chi connectivity index (χ2n) is 6.89. The van der Waals surface area contributed by atoms with Gasteiger partial charge in [0.05, 0.1) is 10.5 Å². The van der Waals surface area contributed by atoms with Gasteiger partial charge in [0.25, 0.3) is 0 Å². The van der Waals surface area contributed by atoms with Crippen molar-refractivity contribution >= 4 is 10.0 Å². The van der Waals surface area contributed by atoms with E-state index in [1.165, 1.54) is 4.31 Å². The average molecular weight is 428 g/mol. The van der Waals surface area contributed by atoms with Gasteiger partial charge in [0, 0.05) is 32.7 Å². The molecular formula is C19H19F3N2O4S. The van der Waals surface area contributed by atoms with Crippen LogP contribution in [0.5, 0.6) is 11.5 Å². The maximum atomic E-state index is 12.7. The summed E-state index contributed by atoms with van der Waals surface area (Å²) >= 11 is 0. The summed E-state index contributed by atoms with van der Waals surface area (Å²) in [6, 6.07) is 9.31. The molecule has 0 radical (unpaired) electrons. The highest BCUT2D eigenvalue weighted by Gasteiger charge is 2.32. The normalized spacial score (nSPS) is 18.2. The van der Waals surface area contributed by atoms with Crippen molar-refractivity contribution in [1.29, 1.82) is 0 Å². The van der Waals surface area contributed by atoms with Crippen LogP contribution in [-0.2, 0) is 22.7 Å². The summed E-state index contributed by atoms with van der Waals surface area (Å²) < 4.78 is 75.5. The fourth-order valence-electron chi connectivity index (χ4n) is 3.39. The van der Waals surface area contributed by atoms with Gasteiger partial charge in [-0.25, -0.2) is 8.42 Å². The van der Waals surface area contributed by atoms with Gasteiger partial charge in [0.1, 0.15) is 0 Å². The fourth-order valence-corrected chi connectivity index (χ4v) is 4.81. The van der Waals surface area contributed by atoms with E-state index in [4.69, 9.17) is 9.47 Å². The summed E-state index contributed by atoms with van der Waals surface area (Å²) in [4.78, 5) is 1.99. The van der Waals surface area contributed by atoms with Crippen molar-refractivity contribution in [2.45, 2.75) is 17.6 Å². The Labute approximate surface area is 166 Å². The van der Waals surface area contributed by atoms with Gasteiger partial charge < -0.3 is 9.47 Å². The Bertz CT molecular complexity index is 986. The number of rotatable bonds is 4. The molecule has 0 aliphatic carbocycles. The lowest BCUT2D eigenvalue weighted by Gasteiger charge is -2.34. The smallest absolute Gasteiger partial charge is 0.416 e. The zero-order valence-electron chi connectivity index (χ0n) is 15.4. The number of hydrogen-bond donors (Lipinski definition) is 0. The summed E-state index contributed by atoms with van der Waals surface area (Å²) in [6.45, 7) is 2.44. The molecule has 10 heteroatoms. The topological polar surface area (TPSA) is 59.1 Å². The first kappa shape index (κ1) is 20.0. The molecule has 1 saturated heterocycles. The summed E-state index contributed by atoms with van der Waals surface area (Å²) in [5.74, 6) is 1.41. The quantitative estimate of drug-likeness (QED) is 0.750. The first-order valence-electron chi connectivity index (χ1n) is 9.02. The molecule has 2 aliphatic rings. The third-order valence-electron chi connectivity index (χ3n) is 4.99. The van der Waals surface area contributed by atoms with E-state index in [0.717, 1.165) is 29.8 Å². The minimum absolute atomic E-state index is 0.130. The highest BCUT2D eigenvalue weighted by atomic mass is 32.2. The standard InChI is InChI=1S/C19H19F3N2O4S/c20-19(21,22)15-2-4-16(5-3-15)29(25,26)24-9-7-23(8-10-24)12-14-1-6-17-18(11-14)28-13-27-17/h1-6,11H,7-10,12-13H2. The van der Waals surface area contributed by atoms with Crippen LogP contribution in [0.4, 0.5) is 13.2 Å². The molecule has 0 amide bonds. The molecule has 0 saturated carbocycles. The summed E-state index contributed by atoms with van der Waals surface area (Å²) in [5.41, 5.74) is 0.165. The van der Waals surface area contributed by atoms with E-state index in [2.05, 4.69) is 4.90 Å². The van der Waals surface area contributed by atoms with Crippen molar-refractivity contribution < 1.29 is 31.1 Å². The Hall–Kier alpha value is -2.30. The number of ether oxygens (including phenoxy) is 2. The van der Waals surface area contributed by atoms with Crippen LogP contribution in [0.3, 0.4) is 0 Å². The predicted molar refractivity (Wildman–Crippen MR) is 98.0 cm³/mol. The second-order valence-corrected chi connectivity index (χ2v) is 8.83. The molecule has 156 valence electrons. The largest absolute Gasteiger partial charge is 0.454 e. The molecule has 2 aromatic rings. The molecule has 4 rings (SSSR count). The van der Waals surface area contributed by atoms with Gasteiger partial charge in [-0.05, 0) is 42.0 Å². The van der Waals surface area contributed by atoms with Crippen LogP contribution in [0.2, 0.25) is 0 Å². The average Bonchev–Trinajstić information content (AvgIpc) is 3.16. The van der Waals surface area contributed by atoms with Gasteiger partial charge in [0.15, 0.2) is 11.5 Å². The van der Waals surface area contributed by atoms with Gasteiger partial charge in [-0.3, -0.25) is 4.90 Å². The van der Waals surface area contributed by atoms with Crippen molar-refractivity contribution in [2.75, 3.05) is 33.0 Å². The van der Waals surface area contributed by atoms with Crippen LogP contribution in [-0.4, -0.2) is 50.6 Å². The van der Waals surface area contributed by atoms with Crippen molar-refractivity contribution in [3.63, 3.8) is 0 Å². The fraction of sp³-hybridized carbons (Fsp3) is 0.368. The first-order valence-corrected chi connectivity index (χ1v) is 10.5. The number of sulfonamides is 1. The molecule has 1 fully saturated rings. The Morgan fingerprint density at radius 1 is 0.897 bits per heavy atom. The number of fused-ring (bicyclic) bond motifs is 1. The lowest BCUT2D eigenvalue weighted by molar-refractivity contribution is -0.137. The monoisotopic (exact) mass is 428 g/mol. The van der Waals surface area contributed by atoms with Crippen molar-refractivity contribution in [3.05, 3.63) is 53.6 Å². The van der Waals surface area contributed by atoms with E-state index in [1.54, 1.807) is 0 Å². The molecule has 0 N–H and O–H groups in total. The summed E-state index contributed by atoms with van der Waals surface area (Å²) in [5, 5.41) is 0. The number of hydrogen-bond acceptors (Lipinski definition) is 5. The van der Waals surface area contributed by atoms with Gasteiger partial charge >= 0.3 is 6.18 Å². The Kier molecular flexibility index (Phi) is 5.18. The molecule has 0 unspecified atom stereocenters. The molecule has 2 aliphatic heterocycles. The van der Waals surface area contributed by atoms with Gasteiger partial charge in [0.2, 0.25) is 16.8 Å². The Morgan fingerprint density at radius 3 is 2.21 bits per heavy atom. The highest BCUT2D eigenvalue weighted by molar-refractivity contribution is 7.89. The van der Waals surface area contributed by atoms with Crippen molar-refractivity contribution in [1.82, 2.24) is 9.21 Å². The Balaban J connectivity index is 1.38. The van der Waals surface area contributed by atoms with E-state index in [1.807, 2.05) is 18.2 Å². The number of piperazine rings is 1. The molecule has 6 nitrogen and oxygen atoms in total.